The monoisotopic (exact) mass is 302 g/mol. The first-order chi connectivity index (χ1) is 7.95. The molecule has 0 saturated carbocycles. The minimum Gasteiger partial charge on any atom is -0.368 e. The van der Waals surface area contributed by atoms with Crippen molar-refractivity contribution in [2.45, 2.75) is 25.9 Å². The molecule has 0 aliphatic rings. The molecule has 1 aromatic carbocycles. The molecule has 0 aliphatic carbocycles. The Kier molecular flexibility index (Phi) is 5.08. The van der Waals surface area contributed by atoms with Gasteiger partial charge in [-0.1, -0.05) is 22.9 Å². The van der Waals surface area contributed by atoms with Crippen LogP contribution in [0.4, 0.5) is 4.39 Å². The molecule has 1 rings (SSSR count). The summed E-state index contributed by atoms with van der Waals surface area (Å²) in [4.78, 5) is 12.9. The van der Waals surface area contributed by atoms with Crippen LogP contribution in [0, 0.1) is 5.82 Å². The first-order valence-electron chi connectivity index (χ1n) is 5.39. The van der Waals surface area contributed by atoms with Gasteiger partial charge in [0.25, 0.3) is 0 Å². The highest BCUT2D eigenvalue weighted by molar-refractivity contribution is 9.10. The van der Waals surface area contributed by atoms with Crippen LogP contribution in [0.1, 0.15) is 18.9 Å². The van der Waals surface area contributed by atoms with Crippen molar-refractivity contribution in [2.24, 2.45) is 5.73 Å². The van der Waals surface area contributed by atoms with Crippen LogP contribution < -0.4 is 5.73 Å². The molecule has 1 atom stereocenters. The molecule has 17 heavy (non-hydrogen) atoms. The van der Waals surface area contributed by atoms with E-state index < -0.39 is 0 Å². The summed E-state index contributed by atoms with van der Waals surface area (Å²) in [6.45, 7) is 2.23. The Morgan fingerprint density at radius 3 is 2.76 bits per heavy atom. The highest BCUT2D eigenvalue weighted by Crippen LogP contribution is 2.18. The molecule has 1 aromatic rings. The summed E-state index contributed by atoms with van der Waals surface area (Å²) in [5, 5.41) is 0. The lowest BCUT2D eigenvalue weighted by Gasteiger charge is -2.24. The molecular formula is C12H16BrFN2O. The smallest absolute Gasteiger partial charge is 0.234 e. The van der Waals surface area contributed by atoms with Gasteiger partial charge in [-0.2, -0.15) is 0 Å². The molecule has 0 unspecified atom stereocenters. The van der Waals surface area contributed by atoms with E-state index >= 15 is 0 Å². The van der Waals surface area contributed by atoms with Crippen LogP contribution in [0.15, 0.2) is 22.7 Å². The van der Waals surface area contributed by atoms with Crippen LogP contribution in [0.3, 0.4) is 0 Å². The minimum absolute atomic E-state index is 0.278. The van der Waals surface area contributed by atoms with Gasteiger partial charge < -0.3 is 5.73 Å². The Bertz CT molecular complexity index is 411. The lowest BCUT2D eigenvalue weighted by Crippen LogP contribution is -2.41. The van der Waals surface area contributed by atoms with Crippen molar-refractivity contribution >= 4 is 21.8 Å². The molecule has 3 nitrogen and oxygen atoms in total. The normalized spacial score (nSPS) is 12.8. The summed E-state index contributed by atoms with van der Waals surface area (Å²) in [5.74, 6) is -0.662. The molecule has 0 fully saturated rings. The summed E-state index contributed by atoms with van der Waals surface area (Å²) in [6.07, 6.45) is 0.613. The highest BCUT2D eigenvalue weighted by atomic mass is 79.9. The van der Waals surface area contributed by atoms with E-state index in [1.165, 1.54) is 6.07 Å². The molecule has 0 aliphatic heterocycles. The third-order valence-electron chi connectivity index (χ3n) is 2.67. The molecular weight excluding hydrogens is 287 g/mol. The Balaban J connectivity index is 2.83. The average Bonchev–Trinajstić information content (AvgIpc) is 2.24. The minimum atomic E-state index is -0.384. The van der Waals surface area contributed by atoms with E-state index in [1.54, 1.807) is 24.1 Å². The number of carbonyl (C=O) groups is 1. The number of nitrogens with zero attached hydrogens (tertiary/aromatic N) is 1. The maximum absolute atomic E-state index is 13.5. The number of halogens is 2. The Morgan fingerprint density at radius 2 is 2.24 bits per heavy atom. The average molecular weight is 303 g/mol. The second-order valence-corrected chi connectivity index (χ2v) is 4.89. The van der Waals surface area contributed by atoms with E-state index in [0.29, 0.717) is 18.5 Å². The summed E-state index contributed by atoms with van der Waals surface area (Å²) in [6, 6.07) is 4.38. The van der Waals surface area contributed by atoms with Crippen molar-refractivity contribution in [3.8, 4) is 0 Å². The van der Waals surface area contributed by atoms with Crippen molar-refractivity contribution in [3.05, 3.63) is 34.1 Å². The van der Waals surface area contributed by atoms with E-state index in [0.717, 1.165) is 4.47 Å². The topological polar surface area (TPSA) is 46.3 Å². The molecule has 0 saturated heterocycles. The van der Waals surface area contributed by atoms with Gasteiger partial charge in [-0.05, 0) is 31.7 Å². The standard InChI is InChI=1S/C12H16BrFN2O/c1-3-11(12(15)17)16(2)7-8-6-9(13)4-5-10(8)14/h4-6,11H,3,7H2,1-2H3,(H2,15,17)/t11-/m0/s1. The zero-order valence-corrected chi connectivity index (χ0v) is 11.5. The van der Waals surface area contributed by atoms with Gasteiger partial charge in [0, 0.05) is 16.6 Å². The van der Waals surface area contributed by atoms with Crippen molar-refractivity contribution in [3.63, 3.8) is 0 Å². The van der Waals surface area contributed by atoms with Crippen LogP contribution in [0.25, 0.3) is 0 Å². The van der Waals surface area contributed by atoms with E-state index in [9.17, 15) is 9.18 Å². The number of hydrogen-bond acceptors (Lipinski definition) is 2. The van der Waals surface area contributed by atoms with Crippen molar-refractivity contribution in [1.29, 1.82) is 0 Å². The third-order valence-corrected chi connectivity index (χ3v) is 3.17. The predicted molar refractivity (Wildman–Crippen MR) is 68.8 cm³/mol. The van der Waals surface area contributed by atoms with Crippen molar-refractivity contribution in [1.82, 2.24) is 4.90 Å². The van der Waals surface area contributed by atoms with Gasteiger partial charge in [-0.25, -0.2) is 4.39 Å². The number of nitrogens with two attached hydrogens (primary N) is 1. The molecule has 0 aromatic heterocycles. The van der Waals surface area contributed by atoms with Crippen LogP contribution in [-0.2, 0) is 11.3 Å². The van der Waals surface area contributed by atoms with Crippen LogP contribution in [0.2, 0.25) is 0 Å². The lowest BCUT2D eigenvalue weighted by atomic mass is 10.1. The number of amides is 1. The van der Waals surface area contributed by atoms with Crippen LogP contribution >= 0.6 is 15.9 Å². The number of primary amides is 1. The fourth-order valence-electron chi connectivity index (χ4n) is 1.77. The number of benzene rings is 1. The zero-order chi connectivity index (χ0) is 13.0. The molecule has 1 amide bonds. The summed E-state index contributed by atoms with van der Waals surface area (Å²) < 4.78 is 14.3. The van der Waals surface area contributed by atoms with Gasteiger partial charge in [0.05, 0.1) is 6.04 Å². The van der Waals surface area contributed by atoms with Crippen molar-refractivity contribution < 1.29 is 9.18 Å². The summed E-state index contributed by atoms with van der Waals surface area (Å²) in [7, 11) is 1.76. The van der Waals surface area contributed by atoms with E-state index in [2.05, 4.69) is 15.9 Å². The maximum atomic E-state index is 13.5. The van der Waals surface area contributed by atoms with Gasteiger partial charge in [0.2, 0.25) is 5.91 Å². The quantitative estimate of drug-likeness (QED) is 0.907. The first kappa shape index (κ1) is 14.1. The molecule has 0 heterocycles. The molecule has 0 radical (unpaired) electrons. The van der Waals surface area contributed by atoms with E-state index in [4.69, 9.17) is 5.73 Å². The molecule has 0 spiro atoms. The van der Waals surface area contributed by atoms with Crippen LogP contribution in [0.5, 0.6) is 0 Å². The lowest BCUT2D eigenvalue weighted by molar-refractivity contribution is -0.123. The third kappa shape index (κ3) is 3.78. The second kappa shape index (κ2) is 6.12. The number of carbonyl (C=O) groups excluding carboxylic acids is 1. The van der Waals surface area contributed by atoms with E-state index in [1.807, 2.05) is 6.92 Å². The largest absolute Gasteiger partial charge is 0.368 e. The van der Waals surface area contributed by atoms with Crippen LogP contribution in [-0.4, -0.2) is 23.9 Å². The van der Waals surface area contributed by atoms with Crippen molar-refractivity contribution in [2.75, 3.05) is 7.05 Å². The van der Waals surface area contributed by atoms with Gasteiger partial charge in [0.1, 0.15) is 5.82 Å². The predicted octanol–water partition coefficient (Wildman–Crippen LogP) is 2.28. The molecule has 0 bridgehead atoms. The fourth-order valence-corrected chi connectivity index (χ4v) is 2.18. The Morgan fingerprint density at radius 1 is 1.59 bits per heavy atom. The number of rotatable bonds is 5. The molecule has 5 heteroatoms. The Labute approximate surface area is 109 Å². The Hall–Kier alpha value is -0.940. The van der Waals surface area contributed by atoms with Gasteiger partial charge in [0.15, 0.2) is 0 Å². The number of likely N-dealkylation sites (N-methyl/N-ethyl adjacent to an activating group) is 1. The fraction of sp³-hybridized carbons (Fsp3) is 0.417. The number of hydrogen-bond donors (Lipinski definition) is 1. The maximum Gasteiger partial charge on any atom is 0.234 e. The second-order valence-electron chi connectivity index (χ2n) is 3.98. The van der Waals surface area contributed by atoms with E-state index in [-0.39, 0.29) is 17.8 Å². The SMILES string of the molecule is CC[C@@H](C(N)=O)N(C)Cc1cc(Br)ccc1F. The highest BCUT2D eigenvalue weighted by Gasteiger charge is 2.19. The molecule has 94 valence electrons. The zero-order valence-electron chi connectivity index (χ0n) is 9.91. The van der Waals surface area contributed by atoms with Gasteiger partial charge in [-0.3, -0.25) is 9.69 Å². The summed E-state index contributed by atoms with van der Waals surface area (Å²) >= 11 is 3.29. The molecule has 2 N–H and O–H groups in total. The van der Waals surface area contributed by atoms with Gasteiger partial charge in [-0.15, -0.1) is 0 Å². The summed E-state index contributed by atoms with van der Waals surface area (Å²) in [5.41, 5.74) is 5.83. The first-order valence-corrected chi connectivity index (χ1v) is 6.18. The van der Waals surface area contributed by atoms with Gasteiger partial charge >= 0.3 is 0 Å².